The van der Waals surface area contributed by atoms with Gasteiger partial charge >= 0.3 is 0 Å². The molecule has 86 valence electrons. The molecule has 16 heavy (non-hydrogen) atoms. The second-order valence-electron chi connectivity index (χ2n) is 4.27. The van der Waals surface area contributed by atoms with Crippen molar-refractivity contribution in [2.45, 2.75) is 32.8 Å². The first-order valence-corrected chi connectivity index (χ1v) is 5.60. The van der Waals surface area contributed by atoms with Crippen molar-refractivity contribution in [2.75, 3.05) is 0 Å². The van der Waals surface area contributed by atoms with Gasteiger partial charge in [-0.05, 0) is 24.6 Å². The van der Waals surface area contributed by atoms with Crippen LogP contribution in [0.4, 0.5) is 4.39 Å². The first-order valence-electron chi connectivity index (χ1n) is 5.60. The maximum atomic E-state index is 13.0. The van der Waals surface area contributed by atoms with E-state index in [1.165, 1.54) is 12.1 Å². The Morgan fingerprint density at radius 3 is 3.06 bits per heavy atom. The van der Waals surface area contributed by atoms with Crippen LogP contribution in [0.15, 0.2) is 18.2 Å². The van der Waals surface area contributed by atoms with Crippen molar-refractivity contribution in [2.24, 2.45) is 5.92 Å². The summed E-state index contributed by atoms with van der Waals surface area (Å²) in [4.78, 5) is 11.9. The Labute approximate surface area is 94.4 Å². The highest BCUT2D eigenvalue weighted by Gasteiger charge is 2.31. The van der Waals surface area contributed by atoms with Crippen molar-refractivity contribution < 1.29 is 13.9 Å². The fraction of sp³-hybridized carbons (Fsp3) is 0.462. The van der Waals surface area contributed by atoms with Crippen LogP contribution in [0.5, 0.6) is 5.75 Å². The van der Waals surface area contributed by atoms with Gasteiger partial charge in [0.05, 0.1) is 0 Å². The fourth-order valence-corrected chi connectivity index (χ4v) is 1.89. The van der Waals surface area contributed by atoms with E-state index in [0.717, 1.165) is 12.0 Å². The van der Waals surface area contributed by atoms with Crippen LogP contribution in [0.25, 0.3) is 0 Å². The van der Waals surface area contributed by atoms with Gasteiger partial charge in [-0.2, -0.15) is 0 Å². The van der Waals surface area contributed by atoms with Crippen LogP contribution < -0.4 is 4.74 Å². The van der Waals surface area contributed by atoms with Crippen LogP contribution in [-0.2, 0) is 11.2 Å². The van der Waals surface area contributed by atoms with E-state index in [1.54, 1.807) is 6.07 Å². The topological polar surface area (TPSA) is 26.3 Å². The SMILES string of the molecule is CCC(C)C(=O)C1Cc2cc(F)ccc2O1. The lowest BCUT2D eigenvalue weighted by Crippen LogP contribution is -2.30. The number of rotatable bonds is 3. The summed E-state index contributed by atoms with van der Waals surface area (Å²) in [7, 11) is 0. The number of halogens is 1. The lowest BCUT2D eigenvalue weighted by atomic mass is 9.96. The van der Waals surface area contributed by atoms with Crippen molar-refractivity contribution in [3.63, 3.8) is 0 Å². The largest absolute Gasteiger partial charge is 0.482 e. The minimum atomic E-state index is -0.424. The molecule has 0 spiro atoms. The van der Waals surface area contributed by atoms with Gasteiger partial charge in [-0.25, -0.2) is 4.39 Å². The highest BCUT2D eigenvalue weighted by Crippen LogP contribution is 2.30. The number of fused-ring (bicyclic) bond motifs is 1. The molecule has 0 bridgehead atoms. The van der Waals surface area contributed by atoms with E-state index in [0.29, 0.717) is 12.2 Å². The van der Waals surface area contributed by atoms with Crippen molar-refractivity contribution in [3.05, 3.63) is 29.6 Å². The third kappa shape index (κ3) is 1.94. The van der Waals surface area contributed by atoms with E-state index in [9.17, 15) is 9.18 Å². The monoisotopic (exact) mass is 222 g/mol. The molecule has 0 aromatic heterocycles. The average molecular weight is 222 g/mol. The van der Waals surface area contributed by atoms with Gasteiger partial charge < -0.3 is 4.74 Å². The molecule has 0 N–H and O–H groups in total. The van der Waals surface area contributed by atoms with E-state index in [1.807, 2.05) is 13.8 Å². The number of ketones is 1. The zero-order valence-electron chi connectivity index (χ0n) is 9.50. The molecule has 3 heteroatoms. The van der Waals surface area contributed by atoms with E-state index in [2.05, 4.69) is 0 Å². The summed E-state index contributed by atoms with van der Waals surface area (Å²) >= 11 is 0. The molecule has 2 nitrogen and oxygen atoms in total. The summed E-state index contributed by atoms with van der Waals surface area (Å²) in [5.74, 6) is 0.477. The van der Waals surface area contributed by atoms with E-state index in [-0.39, 0.29) is 17.5 Å². The molecule has 0 saturated heterocycles. The summed E-state index contributed by atoms with van der Waals surface area (Å²) in [5, 5.41) is 0. The summed E-state index contributed by atoms with van der Waals surface area (Å²) in [6.07, 6.45) is 0.881. The molecule has 1 aromatic carbocycles. The van der Waals surface area contributed by atoms with E-state index in [4.69, 9.17) is 4.74 Å². The average Bonchev–Trinajstić information content (AvgIpc) is 2.69. The van der Waals surface area contributed by atoms with Gasteiger partial charge in [-0.1, -0.05) is 13.8 Å². The number of benzene rings is 1. The van der Waals surface area contributed by atoms with Crippen LogP contribution in [-0.4, -0.2) is 11.9 Å². The first-order chi connectivity index (χ1) is 7.61. The first kappa shape index (κ1) is 11.1. The van der Waals surface area contributed by atoms with Crippen LogP contribution in [0.3, 0.4) is 0 Å². The fourth-order valence-electron chi connectivity index (χ4n) is 1.89. The molecule has 2 rings (SSSR count). The van der Waals surface area contributed by atoms with Crippen molar-refractivity contribution >= 4 is 5.78 Å². The van der Waals surface area contributed by atoms with Crippen LogP contribution in [0, 0.1) is 11.7 Å². The molecule has 2 unspecified atom stereocenters. The molecule has 1 aliphatic rings. The molecule has 0 fully saturated rings. The normalized spacial score (nSPS) is 20.1. The molecule has 1 aromatic rings. The zero-order chi connectivity index (χ0) is 11.7. The molecule has 0 aliphatic carbocycles. The Morgan fingerprint density at radius 1 is 1.62 bits per heavy atom. The maximum absolute atomic E-state index is 13.0. The van der Waals surface area contributed by atoms with Crippen molar-refractivity contribution in [1.82, 2.24) is 0 Å². The number of carbonyl (C=O) groups excluding carboxylic acids is 1. The molecule has 2 atom stereocenters. The molecular formula is C13H15FO2. The highest BCUT2D eigenvalue weighted by molar-refractivity contribution is 5.86. The number of Topliss-reactive ketones (excluding diaryl/α,β-unsaturated/α-hetero) is 1. The van der Waals surface area contributed by atoms with Crippen molar-refractivity contribution in [1.29, 1.82) is 0 Å². The van der Waals surface area contributed by atoms with Gasteiger partial charge in [0.25, 0.3) is 0 Å². The molecular weight excluding hydrogens is 207 g/mol. The smallest absolute Gasteiger partial charge is 0.176 e. The van der Waals surface area contributed by atoms with Crippen LogP contribution in [0.1, 0.15) is 25.8 Å². The van der Waals surface area contributed by atoms with E-state index < -0.39 is 6.10 Å². The molecule has 0 radical (unpaired) electrons. The van der Waals surface area contributed by atoms with Crippen LogP contribution in [0.2, 0.25) is 0 Å². The number of ether oxygens (including phenoxy) is 1. The minimum absolute atomic E-state index is 0.00385. The number of hydrogen-bond acceptors (Lipinski definition) is 2. The maximum Gasteiger partial charge on any atom is 0.176 e. The number of carbonyl (C=O) groups is 1. The Hall–Kier alpha value is -1.38. The third-order valence-corrected chi connectivity index (χ3v) is 3.11. The molecule has 1 heterocycles. The lowest BCUT2D eigenvalue weighted by Gasteiger charge is -2.13. The second kappa shape index (κ2) is 4.24. The quantitative estimate of drug-likeness (QED) is 0.786. The summed E-state index contributed by atoms with van der Waals surface area (Å²) in [6.45, 7) is 3.87. The Bertz CT molecular complexity index is 414. The number of hydrogen-bond donors (Lipinski definition) is 0. The highest BCUT2D eigenvalue weighted by atomic mass is 19.1. The molecule has 0 saturated carbocycles. The molecule has 0 amide bonds. The van der Waals surface area contributed by atoms with Gasteiger partial charge in [0.1, 0.15) is 11.6 Å². The van der Waals surface area contributed by atoms with Crippen molar-refractivity contribution in [3.8, 4) is 5.75 Å². The predicted octanol–water partition coefficient (Wildman–Crippen LogP) is 2.74. The molecule has 1 aliphatic heterocycles. The summed E-state index contributed by atoms with van der Waals surface area (Å²) in [5.41, 5.74) is 0.793. The van der Waals surface area contributed by atoms with Crippen LogP contribution >= 0.6 is 0 Å². The summed E-state index contributed by atoms with van der Waals surface area (Å²) < 4.78 is 18.5. The van der Waals surface area contributed by atoms with E-state index >= 15 is 0 Å². The van der Waals surface area contributed by atoms with Gasteiger partial charge in [0, 0.05) is 17.9 Å². The zero-order valence-corrected chi connectivity index (χ0v) is 9.50. The third-order valence-electron chi connectivity index (χ3n) is 3.11. The standard InChI is InChI=1S/C13H15FO2/c1-3-8(2)13(15)12-7-9-6-10(14)4-5-11(9)16-12/h4-6,8,12H,3,7H2,1-2H3. The summed E-state index contributed by atoms with van der Waals surface area (Å²) in [6, 6.07) is 4.39. The Balaban J connectivity index is 2.14. The van der Waals surface area contributed by atoms with Gasteiger partial charge in [-0.15, -0.1) is 0 Å². The Morgan fingerprint density at radius 2 is 2.38 bits per heavy atom. The van der Waals surface area contributed by atoms with Gasteiger partial charge in [-0.3, -0.25) is 4.79 Å². The van der Waals surface area contributed by atoms with Gasteiger partial charge in [0.15, 0.2) is 11.9 Å². The second-order valence-corrected chi connectivity index (χ2v) is 4.27. The van der Waals surface area contributed by atoms with Gasteiger partial charge in [0.2, 0.25) is 0 Å². The predicted molar refractivity (Wildman–Crippen MR) is 59.0 cm³/mol. The minimum Gasteiger partial charge on any atom is -0.482 e. The Kier molecular flexibility index (Phi) is 2.95. The lowest BCUT2D eigenvalue weighted by molar-refractivity contribution is -0.128.